The van der Waals surface area contributed by atoms with Crippen molar-refractivity contribution >= 4 is 23.6 Å². The summed E-state index contributed by atoms with van der Waals surface area (Å²) in [4.78, 5) is 11.2. The molecule has 0 atom stereocenters. The Kier molecular flexibility index (Phi) is 5.65. The predicted octanol–water partition coefficient (Wildman–Crippen LogP) is 3.04. The Morgan fingerprint density at radius 1 is 1.44 bits per heavy atom. The van der Waals surface area contributed by atoms with E-state index in [4.69, 9.17) is 11.6 Å². The molecule has 0 unspecified atom stereocenters. The van der Waals surface area contributed by atoms with Crippen molar-refractivity contribution in [3.05, 3.63) is 41.5 Å². The summed E-state index contributed by atoms with van der Waals surface area (Å²) in [5.41, 5.74) is 2.01. The molecule has 0 amide bonds. The highest BCUT2D eigenvalue weighted by Crippen LogP contribution is 2.12. The minimum Gasteiger partial charge on any atom is -0.469 e. The largest absolute Gasteiger partial charge is 0.469 e. The molecule has 0 saturated heterocycles. The van der Waals surface area contributed by atoms with Crippen LogP contribution in [0.5, 0.6) is 0 Å². The molecule has 0 saturated carbocycles. The van der Waals surface area contributed by atoms with Gasteiger partial charge in [0.1, 0.15) is 0 Å². The molecule has 2 nitrogen and oxygen atoms in total. The lowest BCUT2D eigenvalue weighted by Crippen LogP contribution is -2.05. The van der Waals surface area contributed by atoms with Crippen LogP contribution >= 0.6 is 11.6 Å². The minimum absolute atomic E-state index is 0.224. The molecule has 0 aromatic heterocycles. The molecule has 1 aromatic rings. The summed E-state index contributed by atoms with van der Waals surface area (Å²) < 4.78 is 4.65. The summed E-state index contributed by atoms with van der Waals surface area (Å²) in [5, 5.41) is 0. The number of hydrogen-bond donors (Lipinski definition) is 0. The van der Waals surface area contributed by atoms with Crippen LogP contribution in [-0.2, 0) is 16.0 Å². The number of alkyl halides is 1. The fourth-order valence-corrected chi connectivity index (χ4v) is 1.48. The van der Waals surface area contributed by atoms with E-state index in [2.05, 4.69) is 4.74 Å². The number of rotatable bonds is 5. The summed E-state index contributed by atoms with van der Waals surface area (Å²) in [6, 6.07) is 7.76. The molecule has 86 valence electrons. The van der Waals surface area contributed by atoms with Gasteiger partial charge in [-0.15, -0.1) is 11.6 Å². The zero-order valence-corrected chi connectivity index (χ0v) is 10.0. The number of carbonyl (C=O) groups is 1. The van der Waals surface area contributed by atoms with E-state index in [1.807, 2.05) is 36.4 Å². The van der Waals surface area contributed by atoms with Crippen LogP contribution in [0.1, 0.15) is 17.5 Å². The highest BCUT2D eigenvalue weighted by atomic mass is 35.5. The monoisotopic (exact) mass is 238 g/mol. The van der Waals surface area contributed by atoms with Gasteiger partial charge in [-0.3, -0.25) is 4.79 Å². The molecule has 0 aliphatic carbocycles. The van der Waals surface area contributed by atoms with Gasteiger partial charge in [0.2, 0.25) is 0 Å². The van der Waals surface area contributed by atoms with E-state index in [1.54, 1.807) is 0 Å². The average Bonchev–Trinajstić information content (AvgIpc) is 2.31. The number of esters is 1. The van der Waals surface area contributed by atoms with Gasteiger partial charge in [-0.2, -0.15) is 0 Å². The van der Waals surface area contributed by atoms with Gasteiger partial charge >= 0.3 is 5.97 Å². The third-order valence-corrected chi connectivity index (χ3v) is 2.41. The van der Waals surface area contributed by atoms with Crippen LogP contribution in [0, 0.1) is 0 Å². The molecule has 1 rings (SSSR count). The van der Waals surface area contributed by atoms with Crippen molar-refractivity contribution < 1.29 is 9.53 Å². The average molecular weight is 239 g/mol. The van der Waals surface area contributed by atoms with Gasteiger partial charge in [0, 0.05) is 5.88 Å². The molecule has 16 heavy (non-hydrogen) atoms. The van der Waals surface area contributed by atoms with Gasteiger partial charge in [0.05, 0.1) is 13.5 Å². The first kappa shape index (κ1) is 12.8. The first-order valence-corrected chi connectivity index (χ1v) is 5.68. The molecular formula is C13H15ClO2. The molecular weight excluding hydrogens is 224 g/mol. The maximum Gasteiger partial charge on any atom is 0.309 e. The van der Waals surface area contributed by atoms with Crippen LogP contribution in [0.2, 0.25) is 0 Å². The normalized spacial score (nSPS) is 10.6. The fraction of sp³-hybridized carbons (Fsp3) is 0.308. The van der Waals surface area contributed by atoms with E-state index >= 15 is 0 Å². The number of allylic oxidation sites excluding steroid dienone is 1. The second kappa shape index (κ2) is 7.07. The van der Waals surface area contributed by atoms with E-state index in [0.29, 0.717) is 12.3 Å². The van der Waals surface area contributed by atoms with Crippen LogP contribution in [0.25, 0.3) is 6.08 Å². The Morgan fingerprint density at radius 2 is 2.19 bits per heavy atom. The van der Waals surface area contributed by atoms with Crippen LogP contribution in [-0.4, -0.2) is 19.0 Å². The van der Waals surface area contributed by atoms with Crippen molar-refractivity contribution in [2.24, 2.45) is 0 Å². The molecule has 0 spiro atoms. The van der Waals surface area contributed by atoms with Crippen molar-refractivity contribution in [2.75, 3.05) is 13.0 Å². The number of carbonyl (C=O) groups excluding carboxylic acids is 1. The van der Waals surface area contributed by atoms with Crippen molar-refractivity contribution in [3.8, 4) is 0 Å². The number of hydrogen-bond acceptors (Lipinski definition) is 2. The van der Waals surface area contributed by atoms with Crippen LogP contribution in [0.15, 0.2) is 30.3 Å². The summed E-state index contributed by atoms with van der Waals surface area (Å²) in [6.45, 7) is 0. The molecule has 0 N–H and O–H groups in total. The van der Waals surface area contributed by atoms with Crippen molar-refractivity contribution in [3.63, 3.8) is 0 Å². The van der Waals surface area contributed by atoms with Gasteiger partial charge in [-0.05, 0) is 17.5 Å². The minimum atomic E-state index is -0.224. The maximum atomic E-state index is 11.2. The van der Waals surface area contributed by atoms with Gasteiger partial charge < -0.3 is 4.74 Å². The zero-order chi connectivity index (χ0) is 11.8. The van der Waals surface area contributed by atoms with Crippen LogP contribution in [0.3, 0.4) is 0 Å². The highest BCUT2D eigenvalue weighted by molar-refractivity contribution is 6.17. The van der Waals surface area contributed by atoms with E-state index in [0.717, 1.165) is 17.5 Å². The summed E-state index contributed by atoms with van der Waals surface area (Å²) in [6.07, 6.45) is 5.12. The lowest BCUT2D eigenvalue weighted by atomic mass is 10.0. The highest BCUT2D eigenvalue weighted by Gasteiger charge is 2.05. The zero-order valence-electron chi connectivity index (χ0n) is 9.28. The molecule has 0 aliphatic rings. The first-order chi connectivity index (χ1) is 7.77. The lowest BCUT2D eigenvalue weighted by Gasteiger charge is -2.04. The van der Waals surface area contributed by atoms with E-state index in [-0.39, 0.29) is 5.97 Å². The lowest BCUT2D eigenvalue weighted by molar-refractivity contribution is -0.139. The Labute approximate surface area is 101 Å². The molecule has 0 fully saturated rings. The van der Waals surface area contributed by atoms with Crippen LogP contribution in [0.4, 0.5) is 0 Å². The fourth-order valence-electron chi connectivity index (χ4n) is 1.36. The van der Waals surface area contributed by atoms with E-state index in [9.17, 15) is 4.79 Å². The van der Waals surface area contributed by atoms with Gasteiger partial charge in [-0.25, -0.2) is 0 Å². The molecule has 0 radical (unpaired) electrons. The Morgan fingerprint density at radius 3 is 2.88 bits per heavy atom. The second-order valence-electron chi connectivity index (χ2n) is 3.33. The first-order valence-electron chi connectivity index (χ1n) is 5.15. The topological polar surface area (TPSA) is 26.3 Å². The van der Waals surface area contributed by atoms with Gasteiger partial charge in [0.25, 0.3) is 0 Å². The Balaban J connectivity index is 2.79. The maximum absolute atomic E-state index is 11.2. The third kappa shape index (κ3) is 4.07. The summed E-state index contributed by atoms with van der Waals surface area (Å²) in [5.74, 6) is 0.383. The molecule has 0 aliphatic heterocycles. The number of ether oxygens (including phenoxy) is 1. The van der Waals surface area contributed by atoms with Crippen molar-refractivity contribution in [1.82, 2.24) is 0 Å². The number of benzene rings is 1. The standard InChI is InChI=1S/C13H15ClO2/c1-16-13(15)10-12-8-3-2-6-11(12)7-4-5-9-14/h2-4,6-8H,5,9-10H2,1H3. The predicted molar refractivity (Wildman–Crippen MR) is 66.5 cm³/mol. The Bertz CT molecular complexity index is 372. The van der Waals surface area contributed by atoms with E-state index in [1.165, 1.54) is 7.11 Å². The van der Waals surface area contributed by atoms with Crippen molar-refractivity contribution in [2.45, 2.75) is 12.8 Å². The smallest absolute Gasteiger partial charge is 0.309 e. The van der Waals surface area contributed by atoms with Gasteiger partial charge in [0.15, 0.2) is 0 Å². The van der Waals surface area contributed by atoms with Crippen LogP contribution < -0.4 is 0 Å². The van der Waals surface area contributed by atoms with Gasteiger partial charge in [-0.1, -0.05) is 36.4 Å². The molecule has 0 bridgehead atoms. The summed E-state index contributed by atoms with van der Waals surface area (Å²) >= 11 is 5.59. The molecule has 1 aromatic carbocycles. The third-order valence-electron chi connectivity index (χ3n) is 2.19. The Hall–Kier alpha value is -1.28. The quantitative estimate of drug-likeness (QED) is 0.582. The molecule has 0 heterocycles. The van der Waals surface area contributed by atoms with E-state index < -0.39 is 0 Å². The van der Waals surface area contributed by atoms with Crippen molar-refractivity contribution in [1.29, 1.82) is 0 Å². The number of halogens is 1. The number of methoxy groups -OCH3 is 1. The summed E-state index contributed by atoms with van der Waals surface area (Å²) in [7, 11) is 1.40. The SMILES string of the molecule is COC(=O)Cc1ccccc1C=CCCCl. The second-order valence-corrected chi connectivity index (χ2v) is 3.71. The molecule has 3 heteroatoms.